The number of aryl methyl sites for hydroxylation is 1. The van der Waals surface area contributed by atoms with E-state index in [-0.39, 0.29) is 0 Å². The van der Waals surface area contributed by atoms with Crippen LogP contribution in [0.3, 0.4) is 0 Å². The van der Waals surface area contributed by atoms with Crippen molar-refractivity contribution in [3.8, 4) is 0 Å². The van der Waals surface area contributed by atoms with Crippen LogP contribution < -0.4 is 5.32 Å². The second kappa shape index (κ2) is 4.75. The molecule has 0 aliphatic heterocycles. The standard InChI is InChI=1S/C11H20N4/c1-3-15-11(13-8-14-15)7-9-4-5-10(6-9)12-2/h8-10,12H,3-7H2,1-2H3. The monoisotopic (exact) mass is 208 g/mol. The first-order valence-corrected chi connectivity index (χ1v) is 5.87. The van der Waals surface area contributed by atoms with Gasteiger partial charge in [0.2, 0.25) is 0 Å². The summed E-state index contributed by atoms with van der Waals surface area (Å²) in [5.41, 5.74) is 0. The number of nitrogens with one attached hydrogen (secondary N) is 1. The Balaban J connectivity index is 1.92. The molecule has 4 heteroatoms. The summed E-state index contributed by atoms with van der Waals surface area (Å²) >= 11 is 0. The number of hydrogen-bond donors (Lipinski definition) is 1. The Kier molecular flexibility index (Phi) is 3.36. The molecule has 0 radical (unpaired) electrons. The van der Waals surface area contributed by atoms with Gasteiger partial charge in [-0.15, -0.1) is 0 Å². The highest BCUT2D eigenvalue weighted by Gasteiger charge is 2.24. The Labute approximate surface area is 91.1 Å². The van der Waals surface area contributed by atoms with Crippen molar-refractivity contribution in [2.24, 2.45) is 5.92 Å². The highest BCUT2D eigenvalue weighted by Crippen LogP contribution is 2.27. The molecule has 0 saturated heterocycles. The smallest absolute Gasteiger partial charge is 0.138 e. The predicted octanol–water partition coefficient (Wildman–Crippen LogP) is 1.23. The fourth-order valence-electron chi connectivity index (χ4n) is 2.49. The van der Waals surface area contributed by atoms with Crippen molar-refractivity contribution in [3.05, 3.63) is 12.2 Å². The number of rotatable bonds is 4. The van der Waals surface area contributed by atoms with Gasteiger partial charge in [0.05, 0.1) is 0 Å². The highest BCUT2D eigenvalue weighted by atomic mass is 15.3. The number of aromatic nitrogens is 3. The normalized spacial score (nSPS) is 26.0. The Bertz CT molecular complexity index is 307. The van der Waals surface area contributed by atoms with Gasteiger partial charge in [0.15, 0.2) is 0 Å². The van der Waals surface area contributed by atoms with E-state index in [1.807, 2.05) is 4.68 Å². The largest absolute Gasteiger partial charge is 0.317 e. The lowest BCUT2D eigenvalue weighted by molar-refractivity contribution is 0.480. The lowest BCUT2D eigenvalue weighted by Gasteiger charge is -2.10. The zero-order chi connectivity index (χ0) is 10.7. The molecule has 0 spiro atoms. The van der Waals surface area contributed by atoms with Crippen LogP contribution in [-0.2, 0) is 13.0 Å². The molecule has 1 heterocycles. The van der Waals surface area contributed by atoms with Crippen molar-refractivity contribution in [2.75, 3.05) is 7.05 Å². The lowest BCUT2D eigenvalue weighted by atomic mass is 10.0. The fraction of sp³-hybridized carbons (Fsp3) is 0.818. The van der Waals surface area contributed by atoms with Crippen molar-refractivity contribution >= 4 is 0 Å². The lowest BCUT2D eigenvalue weighted by Crippen LogP contribution is -2.21. The topological polar surface area (TPSA) is 42.7 Å². The average molecular weight is 208 g/mol. The zero-order valence-electron chi connectivity index (χ0n) is 9.61. The van der Waals surface area contributed by atoms with Gasteiger partial charge >= 0.3 is 0 Å². The Morgan fingerprint density at radius 2 is 2.40 bits per heavy atom. The van der Waals surface area contributed by atoms with Crippen molar-refractivity contribution in [2.45, 2.75) is 45.2 Å². The summed E-state index contributed by atoms with van der Waals surface area (Å²) in [7, 11) is 2.06. The van der Waals surface area contributed by atoms with Gasteiger partial charge in [-0.1, -0.05) is 0 Å². The molecule has 1 aromatic heterocycles. The van der Waals surface area contributed by atoms with Crippen molar-refractivity contribution in [3.63, 3.8) is 0 Å². The van der Waals surface area contributed by atoms with Crippen LogP contribution in [0.25, 0.3) is 0 Å². The van der Waals surface area contributed by atoms with E-state index >= 15 is 0 Å². The van der Waals surface area contributed by atoms with Crippen LogP contribution in [0.1, 0.15) is 32.0 Å². The molecule has 2 rings (SSSR count). The van der Waals surface area contributed by atoms with Crippen LogP contribution >= 0.6 is 0 Å². The molecule has 15 heavy (non-hydrogen) atoms. The van der Waals surface area contributed by atoms with Gasteiger partial charge in [0, 0.05) is 19.0 Å². The summed E-state index contributed by atoms with van der Waals surface area (Å²) < 4.78 is 2.01. The SMILES string of the molecule is CCn1ncnc1CC1CCC(NC)C1. The molecule has 0 bridgehead atoms. The van der Waals surface area contributed by atoms with Gasteiger partial charge in [-0.05, 0) is 39.2 Å². The maximum atomic E-state index is 4.33. The second-order valence-electron chi connectivity index (χ2n) is 4.36. The first kappa shape index (κ1) is 10.6. The maximum absolute atomic E-state index is 4.33. The van der Waals surface area contributed by atoms with E-state index in [2.05, 4.69) is 29.4 Å². The van der Waals surface area contributed by atoms with Gasteiger partial charge in [0.25, 0.3) is 0 Å². The predicted molar refractivity (Wildman–Crippen MR) is 59.6 cm³/mol. The molecule has 1 aromatic rings. The van der Waals surface area contributed by atoms with Gasteiger partial charge in [-0.25, -0.2) is 4.98 Å². The molecule has 2 atom stereocenters. The van der Waals surface area contributed by atoms with Gasteiger partial charge in [-0.2, -0.15) is 5.10 Å². The van der Waals surface area contributed by atoms with Gasteiger partial charge in [-0.3, -0.25) is 4.68 Å². The summed E-state index contributed by atoms with van der Waals surface area (Å²) in [6, 6.07) is 0.716. The molecule has 84 valence electrons. The summed E-state index contributed by atoms with van der Waals surface area (Å²) in [4.78, 5) is 4.33. The molecule has 1 N–H and O–H groups in total. The minimum absolute atomic E-state index is 0.716. The maximum Gasteiger partial charge on any atom is 0.138 e. The second-order valence-corrected chi connectivity index (χ2v) is 4.36. The first-order chi connectivity index (χ1) is 7.33. The summed E-state index contributed by atoms with van der Waals surface area (Å²) in [5, 5.41) is 7.57. The summed E-state index contributed by atoms with van der Waals surface area (Å²) in [6.07, 6.45) is 6.67. The van der Waals surface area contributed by atoms with Crippen molar-refractivity contribution in [1.82, 2.24) is 20.1 Å². The van der Waals surface area contributed by atoms with E-state index in [1.165, 1.54) is 19.3 Å². The van der Waals surface area contributed by atoms with E-state index in [1.54, 1.807) is 6.33 Å². The third-order valence-electron chi connectivity index (χ3n) is 3.42. The Morgan fingerprint density at radius 3 is 3.07 bits per heavy atom. The third-order valence-corrected chi connectivity index (χ3v) is 3.42. The fourth-order valence-corrected chi connectivity index (χ4v) is 2.49. The van der Waals surface area contributed by atoms with Crippen LogP contribution in [0, 0.1) is 5.92 Å². The van der Waals surface area contributed by atoms with Crippen LogP contribution in [0.5, 0.6) is 0 Å². The van der Waals surface area contributed by atoms with E-state index in [4.69, 9.17) is 0 Å². The molecule has 1 aliphatic carbocycles. The van der Waals surface area contributed by atoms with Crippen LogP contribution in [0.15, 0.2) is 6.33 Å². The van der Waals surface area contributed by atoms with E-state index in [0.29, 0.717) is 6.04 Å². The Morgan fingerprint density at radius 1 is 1.53 bits per heavy atom. The first-order valence-electron chi connectivity index (χ1n) is 5.87. The quantitative estimate of drug-likeness (QED) is 0.809. The minimum Gasteiger partial charge on any atom is -0.317 e. The van der Waals surface area contributed by atoms with E-state index in [9.17, 15) is 0 Å². The minimum atomic E-state index is 0.716. The van der Waals surface area contributed by atoms with Gasteiger partial charge in [0.1, 0.15) is 12.2 Å². The van der Waals surface area contributed by atoms with Crippen LogP contribution in [0.2, 0.25) is 0 Å². The van der Waals surface area contributed by atoms with Crippen molar-refractivity contribution < 1.29 is 0 Å². The molecule has 2 unspecified atom stereocenters. The number of nitrogens with zero attached hydrogens (tertiary/aromatic N) is 3. The molecule has 1 fully saturated rings. The van der Waals surface area contributed by atoms with E-state index < -0.39 is 0 Å². The molecule has 1 saturated carbocycles. The average Bonchev–Trinajstić information content (AvgIpc) is 2.87. The van der Waals surface area contributed by atoms with E-state index in [0.717, 1.165) is 24.7 Å². The summed E-state index contributed by atoms with van der Waals surface area (Å²) in [5.74, 6) is 1.94. The number of hydrogen-bond acceptors (Lipinski definition) is 3. The zero-order valence-corrected chi connectivity index (χ0v) is 9.61. The highest BCUT2D eigenvalue weighted by molar-refractivity contribution is 4.91. The molecular weight excluding hydrogens is 188 g/mol. The summed E-state index contributed by atoms with van der Waals surface area (Å²) in [6.45, 7) is 3.04. The molecule has 0 aromatic carbocycles. The van der Waals surface area contributed by atoms with Crippen LogP contribution in [0.4, 0.5) is 0 Å². The molecule has 1 aliphatic rings. The molecule has 0 amide bonds. The Hall–Kier alpha value is -0.900. The third kappa shape index (κ3) is 2.37. The van der Waals surface area contributed by atoms with Crippen LogP contribution in [-0.4, -0.2) is 27.9 Å². The molecule has 4 nitrogen and oxygen atoms in total. The van der Waals surface area contributed by atoms with Crippen molar-refractivity contribution in [1.29, 1.82) is 0 Å². The molecular formula is C11H20N4. The van der Waals surface area contributed by atoms with Gasteiger partial charge < -0.3 is 5.32 Å².